The minimum absolute atomic E-state index is 0.126. The molecule has 1 fully saturated rings. The van der Waals surface area contributed by atoms with E-state index >= 15 is 0 Å². The van der Waals surface area contributed by atoms with Crippen LogP contribution in [0.4, 0.5) is 5.69 Å². The van der Waals surface area contributed by atoms with Gasteiger partial charge >= 0.3 is 0 Å². The maximum atomic E-state index is 12.8. The Bertz CT molecular complexity index is 702. The highest BCUT2D eigenvalue weighted by Gasteiger charge is 2.32. The Hall–Kier alpha value is -1.84. The third kappa shape index (κ3) is 3.41. The first-order chi connectivity index (χ1) is 11.1. The molecule has 3 rings (SSSR count). The molecule has 0 aliphatic carbocycles. The molecular weight excluding hydrogens is 308 g/mol. The second kappa shape index (κ2) is 6.73. The van der Waals surface area contributed by atoms with Crippen molar-refractivity contribution in [3.8, 4) is 0 Å². The van der Waals surface area contributed by atoms with E-state index < -0.39 is 0 Å². The number of aryl methyl sites for hydroxylation is 1. The predicted octanol–water partition coefficient (Wildman–Crippen LogP) is 3.89. The number of halogens is 1. The fourth-order valence-electron chi connectivity index (χ4n) is 3.11. The maximum Gasteiger partial charge on any atom is 0.244 e. The molecule has 1 aliphatic rings. The lowest BCUT2D eigenvalue weighted by Crippen LogP contribution is -2.55. The van der Waals surface area contributed by atoms with Gasteiger partial charge in [0.2, 0.25) is 5.91 Å². The summed E-state index contributed by atoms with van der Waals surface area (Å²) in [5, 5.41) is 0.703. The van der Waals surface area contributed by atoms with Gasteiger partial charge in [0.15, 0.2) is 0 Å². The van der Waals surface area contributed by atoms with Crippen LogP contribution in [0.15, 0.2) is 48.5 Å². The van der Waals surface area contributed by atoms with Gasteiger partial charge in [-0.05, 0) is 43.2 Å². The van der Waals surface area contributed by atoms with E-state index in [9.17, 15) is 4.79 Å². The van der Waals surface area contributed by atoms with E-state index in [4.69, 9.17) is 11.6 Å². The minimum Gasteiger partial charge on any atom is -0.310 e. The molecule has 4 heteroatoms. The summed E-state index contributed by atoms with van der Waals surface area (Å²) in [6.45, 7) is 6.36. The van der Waals surface area contributed by atoms with Crippen molar-refractivity contribution in [2.45, 2.75) is 26.4 Å². The van der Waals surface area contributed by atoms with Gasteiger partial charge in [-0.3, -0.25) is 9.69 Å². The molecule has 1 saturated heterocycles. The van der Waals surface area contributed by atoms with Gasteiger partial charge in [-0.15, -0.1) is 0 Å². The number of amides is 1. The van der Waals surface area contributed by atoms with Crippen LogP contribution in [0.3, 0.4) is 0 Å². The predicted molar refractivity (Wildman–Crippen MR) is 94.9 cm³/mol. The number of nitrogens with zero attached hydrogens (tertiary/aromatic N) is 2. The van der Waals surface area contributed by atoms with E-state index in [1.54, 1.807) is 0 Å². The molecule has 1 atom stereocenters. The Morgan fingerprint density at radius 1 is 1.13 bits per heavy atom. The molecule has 3 nitrogen and oxygen atoms in total. The molecule has 23 heavy (non-hydrogen) atoms. The monoisotopic (exact) mass is 328 g/mol. The summed E-state index contributed by atoms with van der Waals surface area (Å²) in [5.41, 5.74) is 3.24. The zero-order chi connectivity index (χ0) is 16.4. The van der Waals surface area contributed by atoms with Gasteiger partial charge in [0.25, 0.3) is 0 Å². The summed E-state index contributed by atoms with van der Waals surface area (Å²) in [5.74, 6) is 0.151. The van der Waals surface area contributed by atoms with E-state index in [1.807, 2.05) is 55.1 Å². The van der Waals surface area contributed by atoms with Gasteiger partial charge in [0.1, 0.15) is 0 Å². The van der Waals surface area contributed by atoms with Crippen LogP contribution < -0.4 is 4.90 Å². The normalized spacial score (nSPS) is 19.2. The average Bonchev–Trinajstić information content (AvgIpc) is 2.54. The van der Waals surface area contributed by atoms with Crippen molar-refractivity contribution in [3.63, 3.8) is 0 Å². The van der Waals surface area contributed by atoms with Crippen LogP contribution >= 0.6 is 11.6 Å². The van der Waals surface area contributed by atoms with Crippen LogP contribution in [0.2, 0.25) is 5.02 Å². The number of piperazine rings is 1. The van der Waals surface area contributed by atoms with E-state index in [1.165, 1.54) is 5.56 Å². The zero-order valence-corrected chi connectivity index (χ0v) is 14.3. The molecule has 0 aromatic heterocycles. The number of carbonyl (C=O) groups is 1. The van der Waals surface area contributed by atoms with Crippen LogP contribution in [-0.2, 0) is 11.3 Å². The summed E-state index contributed by atoms with van der Waals surface area (Å²) < 4.78 is 0. The largest absolute Gasteiger partial charge is 0.310 e. The van der Waals surface area contributed by atoms with Gasteiger partial charge in [-0.1, -0.05) is 41.9 Å². The third-order valence-corrected chi connectivity index (χ3v) is 4.70. The Balaban J connectivity index is 1.76. The molecule has 1 heterocycles. The van der Waals surface area contributed by atoms with Gasteiger partial charge in [-0.2, -0.15) is 0 Å². The third-order valence-electron chi connectivity index (χ3n) is 4.46. The van der Waals surface area contributed by atoms with Gasteiger partial charge < -0.3 is 4.90 Å². The van der Waals surface area contributed by atoms with Crippen molar-refractivity contribution < 1.29 is 4.79 Å². The fraction of sp³-hybridized carbons (Fsp3) is 0.316. The minimum atomic E-state index is -0.126. The number of hydrogen-bond donors (Lipinski definition) is 0. The summed E-state index contributed by atoms with van der Waals surface area (Å²) in [6.07, 6.45) is 0. The number of rotatable bonds is 3. The lowest BCUT2D eigenvalue weighted by atomic mass is 10.1. The number of carbonyl (C=O) groups excluding carboxylic acids is 1. The quantitative estimate of drug-likeness (QED) is 0.853. The molecule has 2 aromatic rings. The second-order valence-electron chi connectivity index (χ2n) is 6.05. The summed E-state index contributed by atoms with van der Waals surface area (Å²) in [7, 11) is 0. The highest BCUT2D eigenvalue weighted by Crippen LogP contribution is 2.27. The first kappa shape index (κ1) is 16.0. The van der Waals surface area contributed by atoms with Crippen molar-refractivity contribution in [1.29, 1.82) is 0 Å². The second-order valence-corrected chi connectivity index (χ2v) is 6.49. The lowest BCUT2D eigenvalue weighted by Gasteiger charge is -2.39. The van der Waals surface area contributed by atoms with Crippen LogP contribution in [-0.4, -0.2) is 29.9 Å². The van der Waals surface area contributed by atoms with Crippen LogP contribution in [0.1, 0.15) is 18.1 Å². The molecule has 2 aromatic carbocycles. The summed E-state index contributed by atoms with van der Waals surface area (Å²) >= 11 is 6.02. The van der Waals surface area contributed by atoms with Gasteiger partial charge in [0, 0.05) is 30.3 Å². The zero-order valence-electron chi connectivity index (χ0n) is 13.5. The van der Waals surface area contributed by atoms with E-state index in [2.05, 4.69) is 17.0 Å². The first-order valence-corrected chi connectivity index (χ1v) is 8.29. The van der Waals surface area contributed by atoms with Crippen LogP contribution in [0, 0.1) is 6.92 Å². The molecule has 0 radical (unpaired) electrons. The van der Waals surface area contributed by atoms with Crippen molar-refractivity contribution in [2.75, 3.05) is 18.0 Å². The van der Waals surface area contributed by atoms with Crippen molar-refractivity contribution in [2.24, 2.45) is 0 Å². The standard InChI is InChI=1S/C19H21ClN2O/c1-14-12-17(20)8-9-18(14)22-11-10-21(15(2)19(22)23)13-16-6-4-3-5-7-16/h3-9,12,15H,10-11,13H2,1-2H3. The fourth-order valence-corrected chi connectivity index (χ4v) is 3.34. The number of hydrogen-bond acceptors (Lipinski definition) is 2. The topological polar surface area (TPSA) is 23.6 Å². The smallest absolute Gasteiger partial charge is 0.244 e. The lowest BCUT2D eigenvalue weighted by molar-refractivity contribution is -0.125. The maximum absolute atomic E-state index is 12.8. The van der Waals surface area contributed by atoms with Gasteiger partial charge in [-0.25, -0.2) is 0 Å². The molecule has 0 spiro atoms. The van der Waals surface area contributed by atoms with Gasteiger partial charge in [0.05, 0.1) is 6.04 Å². The highest BCUT2D eigenvalue weighted by molar-refractivity contribution is 6.30. The van der Waals surface area contributed by atoms with Crippen LogP contribution in [0.5, 0.6) is 0 Å². The molecule has 1 amide bonds. The Labute approximate surface area is 142 Å². The molecule has 1 unspecified atom stereocenters. The summed E-state index contributed by atoms with van der Waals surface area (Å²) in [6, 6.07) is 15.9. The Morgan fingerprint density at radius 2 is 1.87 bits per heavy atom. The highest BCUT2D eigenvalue weighted by atomic mass is 35.5. The Morgan fingerprint density at radius 3 is 2.57 bits per heavy atom. The van der Waals surface area contributed by atoms with Crippen molar-refractivity contribution in [1.82, 2.24) is 4.90 Å². The Kier molecular flexibility index (Phi) is 4.69. The molecule has 120 valence electrons. The SMILES string of the molecule is Cc1cc(Cl)ccc1N1CCN(Cc2ccccc2)C(C)C1=O. The first-order valence-electron chi connectivity index (χ1n) is 7.92. The van der Waals surface area contributed by atoms with Crippen molar-refractivity contribution in [3.05, 3.63) is 64.7 Å². The van der Waals surface area contributed by atoms with E-state index in [0.29, 0.717) is 11.6 Å². The molecule has 1 aliphatic heterocycles. The van der Waals surface area contributed by atoms with Crippen LogP contribution in [0.25, 0.3) is 0 Å². The molecule has 0 bridgehead atoms. The average molecular weight is 329 g/mol. The number of benzene rings is 2. The number of anilines is 1. The van der Waals surface area contributed by atoms with E-state index in [-0.39, 0.29) is 11.9 Å². The molecule has 0 N–H and O–H groups in total. The molecule has 0 saturated carbocycles. The summed E-state index contributed by atoms with van der Waals surface area (Å²) in [4.78, 5) is 16.9. The van der Waals surface area contributed by atoms with Crippen molar-refractivity contribution >= 4 is 23.2 Å². The molecular formula is C19H21ClN2O. The van der Waals surface area contributed by atoms with E-state index in [0.717, 1.165) is 24.3 Å².